The standard InChI is InChI=1S/C20H25F3O3SSi/c1-18(2,15-11-7-5-8-12-15)17(28-26-27(24,25)20(21,22)23)19(3,4)16-13-9-6-10-14-16/h5-14,17H,28H2,1-4H3. The van der Waals surface area contributed by atoms with Gasteiger partial charge < -0.3 is 3.87 Å². The second kappa shape index (κ2) is 8.00. The summed E-state index contributed by atoms with van der Waals surface area (Å²) in [6, 6.07) is 18.8. The molecule has 0 aliphatic heterocycles. The molecule has 154 valence electrons. The van der Waals surface area contributed by atoms with E-state index in [2.05, 4.69) is 3.87 Å². The van der Waals surface area contributed by atoms with Crippen molar-refractivity contribution in [3.05, 3.63) is 71.8 Å². The quantitative estimate of drug-likeness (QED) is 0.473. The van der Waals surface area contributed by atoms with Crippen LogP contribution in [0.15, 0.2) is 60.7 Å². The van der Waals surface area contributed by atoms with Gasteiger partial charge in [0.1, 0.15) is 0 Å². The molecule has 0 radical (unpaired) electrons. The molecular formula is C20H25F3O3SSi. The van der Waals surface area contributed by atoms with Crippen LogP contribution in [0.5, 0.6) is 0 Å². The Morgan fingerprint density at radius 3 is 1.46 bits per heavy atom. The van der Waals surface area contributed by atoms with Crippen LogP contribution in [-0.2, 0) is 24.8 Å². The first-order valence-electron chi connectivity index (χ1n) is 8.87. The van der Waals surface area contributed by atoms with Gasteiger partial charge in [-0.3, -0.25) is 0 Å². The highest BCUT2D eigenvalue weighted by Crippen LogP contribution is 2.48. The maximum Gasteiger partial charge on any atom is 0.522 e. The van der Waals surface area contributed by atoms with Gasteiger partial charge in [-0.2, -0.15) is 21.6 Å². The van der Waals surface area contributed by atoms with Crippen molar-refractivity contribution in [2.45, 2.75) is 49.6 Å². The molecule has 0 fully saturated rings. The number of rotatable bonds is 7. The third kappa shape index (κ3) is 4.67. The zero-order valence-electron chi connectivity index (χ0n) is 16.3. The molecular weight excluding hydrogens is 405 g/mol. The average Bonchev–Trinajstić information content (AvgIpc) is 2.62. The molecule has 0 spiro atoms. The van der Waals surface area contributed by atoms with Gasteiger partial charge in [0.2, 0.25) is 0 Å². The Balaban J connectivity index is 2.50. The molecule has 0 aromatic heterocycles. The Morgan fingerprint density at radius 1 is 0.786 bits per heavy atom. The number of alkyl halides is 3. The van der Waals surface area contributed by atoms with Crippen molar-refractivity contribution in [2.75, 3.05) is 0 Å². The fourth-order valence-corrected chi connectivity index (χ4v) is 6.78. The lowest BCUT2D eigenvalue weighted by Crippen LogP contribution is -2.43. The van der Waals surface area contributed by atoms with Crippen LogP contribution in [0.1, 0.15) is 38.8 Å². The first kappa shape index (κ1) is 22.6. The van der Waals surface area contributed by atoms with E-state index in [4.69, 9.17) is 0 Å². The van der Waals surface area contributed by atoms with Crippen LogP contribution in [0.2, 0.25) is 5.54 Å². The minimum atomic E-state index is -5.62. The summed E-state index contributed by atoms with van der Waals surface area (Å²) in [5, 5.41) is 0. The lowest BCUT2D eigenvalue weighted by molar-refractivity contribution is -0.0501. The Morgan fingerprint density at radius 2 is 1.14 bits per heavy atom. The molecule has 8 heteroatoms. The van der Waals surface area contributed by atoms with Crippen molar-refractivity contribution < 1.29 is 25.5 Å². The molecule has 0 N–H and O–H groups in total. The monoisotopic (exact) mass is 430 g/mol. The van der Waals surface area contributed by atoms with E-state index >= 15 is 0 Å². The number of hydrogen-bond donors (Lipinski definition) is 0. The fourth-order valence-electron chi connectivity index (χ4n) is 3.68. The van der Waals surface area contributed by atoms with E-state index in [0.29, 0.717) is 0 Å². The molecule has 2 aromatic carbocycles. The molecule has 0 heterocycles. The summed E-state index contributed by atoms with van der Waals surface area (Å²) in [6.07, 6.45) is 0. The predicted molar refractivity (Wildman–Crippen MR) is 107 cm³/mol. The lowest BCUT2D eigenvalue weighted by Gasteiger charge is -2.45. The van der Waals surface area contributed by atoms with Crippen LogP contribution >= 0.6 is 0 Å². The van der Waals surface area contributed by atoms with Crippen molar-refractivity contribution >= 4 is 19.9 Å². The van der Waals surface area contributed by atoms with E-state index in [1.807, 2.05) is 88.4 Å². The van der Waals surface area contributed by atoms with E-state index in [0.717, 1.165) is 11.1 Å². The van der Waals surface area contributed by atoms with Gasteiger partial charge in [0.25, 0.3) is 0 Å². The van der Waals surface area contributed by atoms with Gasteiger partial charge in [0.05, 0.1) is 0 Å². The van der Waals surface area contributed by atoms with Gasteiger partial charge in [0, 0.05) is 0 Å². The third-order valence-corrected chi connectivity index (χ3v) is 10.2. The van der Waals surface area contributed by atoms with E-state index in [1.165, 1.54) is 0 Å². The number of halogens is 3. The second-order valence-electron chi connectivity index (χ2n) is 7.91. The lowest BCUT2D eigenvalue weighted by atomic mass is 9.68. The largest absolute Gasteiger partial charge is 0.522 e. The summed E-state index contributed by atoms with van der Waals surface area (Å²) in [4.78, 5) is 0. The molecule has 0 bridgehead atoms. The van der Waals surface area contributed by atoms with Gasteiger partial charge in [-0.1, -0.05) is 88.4 Å². The first-order chi connectivity index (χ1) is 12.8. The minimum Gasteiger partial charge on any atom is -0.316 e. The predicted octanol–water partition coefficient (Wildman–Crippen LogP) is 4.68. The van der Waals surface area contributed by atoms with E-state index < -0.39 is 41.8 Å². The molecule has 0 aliphatic rings. The summed E-state index contributed by atoms with van der Waals surface area (Å²) in [5.41, 5.74) is -5.21. The van der Waals surface area contributed by atoms with Gasteiger partial charge >= 0.3 is 15.6 Å². The fraction of sp³-hybridized carbons (Fsp3) is 0.400. The summed E-state index contributed by atoms with van der Waals surface area (Å²) in [6.45, 7) is 7.70. The molecule has 0 aliphatic carbocycles. The van der Waals surface area contributed by atoms with E-state index in [9.17, 15) is 21.6 Å². The molecule has 2 aromatic rings. The maximum atomic E-state index is 12.8. The van der Waals surface area contributed by atoms with Crippen molar-refractivity contribution in [1.29, 1.82) is 0 Å². The number of benzene rings is 2. The van der Waals surface area contributed by atoms with Crippen molar-refractivity contribution in [3.63, 3.8) is 0 Å². The first-order valence-corrected chi connectivity index (χ1v) is 11.7. The maximum absolute atomic E-state index is 12.8. The third-order valence-electron chi connectivity index (χ3n) is 5.45. The Labute approximate surface area is 167 Å². The average molecular weight is 431 g/mol. The molecule has 3 nitrogen and oxygen atoms in total. The highest BCUT2D eigenvalue weighted by atomic mass is 32.2. The summed E-state index contributed by atoms with van der Waals surface area (Å²) in [5.74, 6) is 0. The van der Waals surface area contributed by atoms with Crippen LogP contribution in [-0.4, -0.2) is 23.7 Å². The normalized spacial score (nSPS) is 14.1. The summed E-state index contributed by atoms with van der Waals surface area (Å²) in [7, 11) is -7.78. The smallest absolute Gasteiger partial charge is 0.316 e. The van der Waals surface area contributed by atoms with Gasteiger partial charge in [-0.05, 0) is 27.5 Å². The SMILES string of the molecule is CC(C)(c1ccccc1)C([SiH2]OS(=O)(=O)C(F)(F)F)C(C)(C)c1ccccc1. The highest BCUT2D eigenvalue weighted by molar-refractivity contribution is 7.88. The summed E-state index contributed by atoms with van der Waals surface area (Å²) >= 11 is 0. The zero-order valence-corrected chi connectivity index (χ0v) is 18.6. The molecule has 0 atom stereocenters. The van der Waals surface area contributed by atoms with E-state index in [1.54, 1.807) is 0 Å². The molecule has 0 amide bonds. The molecule has 0 saturated heterocycles. The van der Waals surface area contributed by atoms with Crippen molar-refractivity contribution in [2.24, 2.45) is 0 Å². The molecule has 0 saturated carbocycles. The van der Waals surface area contributed by atoms with Crippen molar-refractivity contribution in [3.8, 4) is 0 Å². The van der Waals surface area contributed by atoms with E-state index in [-0.39, 0.29) is 0 Å². The Hall–Kier alpha value is -1.64. The van der Waals surface area contributed by atoms with Gasteiger partial charge in [-0.15, -0.1) is 0 Å². The number of hydrogen-bond acceptors (Lipinski definition) is 3. The van der Waals surface area contributed by atoms with Crippen LogP contribution in [0.3, 0.4) is 0 Å². The van der Waals surface area contributed by atoms with Crippen LogP contribution < -0.4 is 0 Å². The van der Waals surface area contributed by atoms with Gasteiger partial charge in [0.15, 0.2) is 9.76 Å². The van der Waals surface area contributed by atoms with Gasteiger partial charge in [-0.25, -0.2) is 0 Å². The van der Waals surface area contributed by atoms with Crippen molar-refractivity contribution in [1.82, 2.24) is 0 Å². The molecule has 0 unspecified atom stereocenters. The Kier molecular flexibility index (Phi) is 6.47. The van der Waals surface area contributed by atoms with Crippen LogP contribution in [0, 0.1) is 0 Å². The highest BCUT2D eigenvalue weighted by Gasteiger charge is 2.50. The second-order valence-corrected chi connectivity index (χ2v) is 11.4. The van der Waals surface area contributed by atoms with Crippen LogP contribution in [0.4, 0.5) is 13.2 Å². The molecule has 28 heavy (non-hydrogen) atoms. The molecule has 2 rings (SSSR count). The Bertz CT molecular complexity index is 828. The topological polar surface area (TPSA) is 43.4 Å². The summed E-state index contributed by atoms with van der Waals surface area (Å²) < 4.78 is 66.3. The minimum absolute atomic E-state index is 0.429. The van der Waals surface area contributed by atoms with Crippen LogP contribution in [0.25, 0.3) is 0 Å². The zero-order chi connectivity index (χ0) is 21.2.